The molecule has 0 spiro atoms. The van der Waals surface area contributed by atoms with Crippen LogP contribution in [0, 0.1) is 19.7 Å². The summed E-state index contributed by atoms with van der Waals surface area (Å²) in [5, 5.41) is 8.97. The second-order valence-corrected chi connectivity index (χ2v) is 5.73. The predicted molar refractivity (Wildman–Crippen MR) is 97.8 cm³/mol. The fourth-order valence-electron chi connectivity index (χ4n) is 2.35. The third-order valence-corrected chi connectivity index (χ3v) is 3.92. The lowest BCUT2D eigenvalue weighted by Crippen LogP contribution is -2.20. The Hall–Kier alpha value is -2.53. The van der Waals surface area contributed by atoms with Gasteiger partial charge >= 0.3 is 0 Å². The molecule has 24 heavy (non-hydrogen) atoms. The van der Waals surface area contributed by atoms with Gasteiger partial charge < -0.3 is 16.0 Å². The van der Waals surface area contributed by atoms with Gasteiger partial charge in [-0.25, -0.2) is 4.39 Å². The fraction of sp³-hybridized carbons (Fsp3) is 0.167. The molecule has 0 saturated carbocycles. The molecule has 6 heteroatoms. The fourth-order valence-corrected chi connectivity index (χ4v) is 2.57. The van der Waals surface area contributed by atoms with Crippen LogP contribution in [0.25, 0.3) is 0 Å². The van der Waals surface area contributed by atoms with Gasteiger partial charge in [-0.15, -0.1) is 0 Å². The number of hydrogen-bond donors (Lipinski definition) is 3. The first-order valence-electron chi connectivity index (χ1n) is 7.34. The molecular formula is C18H19ClFN3O. The van der Waals surface area contributed by atoms with Crippen molar-refractivity contribution in [2.45, 2.75) is 13.8 Å². The smallest absolute Gasteiger partial charge is 0.253 e. The lowest BCUT2D eigenvalue weighted by Gasteiger charge is -2.18. The van der Waals surface area contributed by atoms with Crippen LogP contribution in [-0.2, 0) is 0 Å². The van der Waals surface area contributed by atoms with Crippen molar-refractivity contribution in [2.24, 2.45) is 0 Å². The molecule has 0 heterocycles. The zero-order valence-electron chi connectivity index (χ0n) is 13.8. The summed E-state index contributed by atoms with van der Waals surface area (Å²) in [6.07, 6.45) is 1.44. The maximum Gasteiger partial charge on any atom is 0.253 e. The van der Waals surface area contributed by atoms with E-state index in [0.29, 0.717) is 22.0 Å². The summed E-state index contributed by atoms with van der Waals surface area (Å²) in [4.78, 5) is 12.2. The lowest BCUT2D eigenvalue weighted by molar-refractivity contribution is 0.0963. The third kappa shape index (κ3) is 3.51. The van der Waals surface area contributed by atoms with Crippen molar-refractivity contribution in [3.63, 3.8) is 0 Å². The Morgan fingerprint density at radius 2 is 1.96 bits per heavy atom. The van der Waals surface area contributed by atoms with E-state index in [1.165, 1.54) is 13.2 Å². The number of aryl methyl sites for hydroxylation is 1. The molecule has 4 nitrogen and oxygen atoms in total. The highest BCUT2D eigenvalue weighted by Gasteiger charge is 2.20. The van der Waals surface area contributed by atoms with Crippen LogP contribution in [0.3, 0.4) is 0 Å². The minimum absolute atomic E-state index is 0.117. The summed E-state index contributed by atoms with van der Waals surface area (Å²) in [5.41, 5.74) is 2.70. The number of nitrogens with one attached hydrogen (secondary N) is 3. The minimum atomic E-state index is -0.505. The molecule has 0 atom stereocenters. The highest BCUT2D eigenvalue weighted by Crippen LogP contribution is 2.33. The van der Waals surface area contributed by atoms with Crippen molar-refractivity contribution < 1.29 is 9.18 Å². The van der Waals surface area contributed by atoms with Crippen molar-refractivity contribution in [1.82, 2.24) is 5.32 Å². The van der Waals surface area contributed by atoms with E-state index < -0.39 is 11.7 Å². The van der Waals surface area contributed by atoms with Gasteiger partial charge in [-0.05, 0) is 49.9 Å². The maximum absolute atomic E-state index is 14.9. The first-order valence-corrected chi connectivity index (χ1v) is 7.72. The largest absolute Gasteiger partial charge is 0.362 e. The molecule has 2 aromatic rings. The van der Waals surface area contributed by atoms with E-state index >= 15 is 0 Å². The summed E-state index contributed by atoms with van der Waals surface area (Å²) in [6, 6.07) is 6.80. The van der Waals surface area contributed by atoms with Gasteiger partial charge in [-0.3, -0.25) is 4.79 Å². The van der Waals surface area contributed by atoms with Crippen LogP contribution in [0.5, 0.6) is 0 Å². The number of anilines is 3. The topological polar surface area (TPSA) is 53.2 Å². The molecule has 1 amide bonds. The van der Waals surface area contributed by atoms with Crippen molar-refractivity contribution in [3.8, 4) is 0 Å². The second-order valence-electron chi connectivity index (χ2n) is 5.30. The molecule has 2 rings (SSSR count). The van der Waals surface area contributed by atoms with Crippen LogP contribution in [-0.4, -0.2) is 13.0 Å². The van der Waals surface area contributed by atoms with Gasteiger partial charge in [0.05, 0.1) is 11.3 Å². The van der Waals surface area contributed by atoms with E-state index in [9.17, 15) is 9.18 Å². The molecule has 0 radical (unpaired) electrons. The van der Waals surface area contributed by atoms with E-state index in [4.69, 9.17) is 11.6 Å². The number of hydrogen-bond acceptors (Lipinski definition) is 3. The summed E-state index contributed by atoms with van der Waals surface area (Å²) >= 11 is 5.95. The molecule has 0 aliphatic rings. The average Bonchev–Trinajstić information content (AvgIpc) is 2.55. The number of amides is 1. The van der Waals surface area contributed by atoms with Crippen LogP contribution in [0.15, 0.2) is 37.0 Å². The molecular weight excluding hydrogens is 329 g/mol. The standard InChI is InChI=1S/C18H19ClFN3O/c1-5-22-15-9-13(18(24)21-4)17(16(20)11(15)3)23-14-7-6-12(19)8-10(14)2/h5-9,22-23H,1H2,2-4H3,(H,21,24). The lowest BCUT2D eigenvalue weighted by atomic mass is 10.0. The number of rotatable bonds is 5. The van der Waals surface area contributed by atoms with Crippen LogP contribution in [0.2, 0.25) is 5.02 Å². The Morgan fingerprint density at radius 1 is 1.25 bits per heavy atom. The van der Waals surface area contributed by atoms with Gasteiger partial charge in [-0.1, -0.05) is 18.2 Å². The Balaban J connectivity index is 2.60. The minimum Gasteiger partial charge on any atom is -0.362 e. The monoisotopic (exact) mass is 347 g/mol. The molecule has 0 unspecified atom stereocenters. The molecule has 0 aliphatic heterocycles. The highest BCUT2D eigenvalue weighted by molar-refractivity contribution is 6.30. The van der Waals surface area contributed by atoms with Gasteiger partial charge in [0.2, 0.25) is 0 Å². The normalized spacial score (nSPS) is 10.2. The molecule has 0 aliphatic carbocycles. The van der Waals surface area contributed by atoms with Gasteiger partial charge in [0.15, 0.2) is 5.82 Å². The molecule has 2 aromatic carbocycles. The third-order valence-electron chi connectivity index (χ3n) is 3.69. The Morgan fingerprint density at radius 3 is 2.54 bits per heavy atom. The van der Waals surface area contributed by atoms with Crippen LogP contribution >= 0.6 is 11.6 Å². The number of halogens is 2. The predicted octanol–water partition coefficient (Wildman–Crippen LogP) is 4.75. The molecule has 0 saturated heterocycles. The average molecular weight is 348 g/mol. The summed E-state index contributed by atoms with van der Waals surface area (Å²) in [5.74, 6) is -0.898. The number of benzene rings is 2. The van der Waals surface area contributed by atoms with E-state index in [1.54, 1.807) is 31.2 Å². The van der Waals surface area contributed by atoms with E-state index in [2.05, 4.69) is 22.5 Å². The molecule has 0 fully saturated rings. The van der Waals surface area contributed by atoms with Crippen molar-refractivity contribution in [3.05, 3.63) is 64.6 Å². The van der Waals surface area contributed by atoms with Crippen molar-refractivity contribution in [2.75, 3.05) is 17.7 Å². The second kappa shape index (κ2) is 7.36. The van der Waals surface area contributed by atoms with Gasteiger partial charge in [0.25, 0.3) is 5.91 Å². The van der Waals surface area contributed by atoms with Gasteiger partial charge in [0, 0.05) is 29.0 Å². The molecule has 0 bridgehead atoms. The van der Waals surface area contributed by atoms with Crippen LogP contribution in [0.4, 0.5) is 21.5 Å². The summed E-state index contributed by atoms with van der Waals surface area (Å²) < 4.78 is 14.9. The zero-order valence-corrected chi connectivity index (χ0v) is 14.5. The van der Waals surface area contributed by atoms with E-state index in [0.717, 1.165) is 5.56 Å². The van der Waals surface area contributed by atoms with Crippen LogP contribution < -0.4 is 16.0 Å². The van der Waals surface area contributed by atoms with Crippen molar-refractivity contribution >= 4 is 34.6 Å². The molecule has 0 aromatic heterocycles. The molecule has 126 valence electrons. The summed E-state index contributed by atoms with van der Waals surface area (Å²) in [6.45, 7) is 7.06. The number of carbonyl (C=O) groups excluding carboxylic acids is 1. The van der Waals surface area contributed by atoms with E-state index in [-0.39, 0.29) is 11.3 Å². The quantitative estimate of drug-likeness (QED) is 0.731. The zero-order chi connectivity index (χ0) is 17.9. The molecule has 3 N–H and O–H groups in total. The first kappa shape index (κ1) is 17.8. The highest BCUT2D eigenvalue weighted by atomic mass is 35.5. The Kier molecular flexibility index (Phi) is 5.46. The summed E-state index contributed by atoms with van der Waals surface area (Å²) in [7, 11) is 1.50. The van der Waals surface area contributed by atoms with E-state index in [1.807, 2.05) is 6.92 Å². The first-order chi connectivity index (χ1) is 11.4. The number of carbonyl (C=O) groups is 1. The Labute approximate surface area is 145 Å². The Bertz CT molecular complexity index is 805. The SMILES string of the molecule is C=CNc1cc(C(=O)NC)c(Nc2ccc(Cl)cc2C)c(F)c1C. The van der Waals surface area contributed by atoms with Crippen LogP contribution in [0.1, 0.15) is 21.5 Å². The van der Waals surface area contributed by atoms with Crippen molar-refractivity contribution in [1.29, 1.82) is 0 Å². The maximum atomic E-state index is 14.9. The van der Waals surface area contributed by atoms with Gasteiger partial charge in [0.1, 0.15) is 0 Å². The van der Waals surface area contributed by atoms with Gasteiger partial charge in [-0.2, -0.15) is 0 Å².